The van der Waals surface area contributed by atoms with E-state index < -0.39 is 28.7 Å². The van der Waals surface area contributed by atoms with Crippen LogP contribution < -0.4 is 10.9 Å². The molecule has 0 saturated carbocycles. The third kappa shape index (κ3) is 4.92. The average Bonchev–Trinajstić information content (AvgIpc) is 3.31. The number of nitrogens with one attached hydrogen (secondary N) is 1. The van der Waals surface area contributed by atoms with Gasteiger partial charge in [0.05, 0.1) is 22.8 Å². The van der Waals surface area contributed by atoms with Crippen molar-refractivity contribution in [3.05, 3.63) is 67.7 Å². The maximum Gasteiger partial charge on any atom is 0.417 e. The molecule has 0 bridgehead atoms. The lowest BCUT2D eigenvalue weighted by Crippen LogP contribution is -2.46. The number of carbonyl (C=O) groups excluding carboxylic acids is 2. The number of aryl methyl sites for hydroxylation is 1. The van der Waals surface area contributed by atoms with Gasteiger partial charge >= 0.3 is 6.18 Å². The molecule has 0 fully saturated rings. The Morgan fingerprint density at radius 1 is 1.26 bits per heavy atom. The van der Waals surface area contributed by atoms with Crippen LogP contribution in [0.1, 0.15) is 51.5 Å². The summed E-state index contributed by atoms with van der Waals surface area (Å²) in [5, 5.41) is 6.77. The fourth-order valence-electron chi connectivity index (χ4n) is 4.35. The third-order valence-electron chi connectivity index (χ3n) is 6.30. The van der Waals surface area contributed by atoms with E-state index in [1.54, 1.807) is 13.2 Å². The molecule has 0 spiro atoms. The summed E-state index contributed by atoms with van der Waals surface area (Å²) in [5.41, 5.74) is -0.625. The van der Waals surface area contributed by atoms with Gasteiger partial charge in [0.25, 0.3) is 17.4 Å². The summed E-state index contributed by atoms with van der Waals surface area (Å²) >= 11 is 6.89. The molecule has 1 aromatic carbocycles. The van der Waals surface area contributed by atoms with Crippen molar-refractivity contribution in [2.75, 3.05) is 13.3 Å². The first-order valence-corrected chi connectivity index (χ1v) is 13.2. The quantitative estimate of drug-likeness (QED) is 0.371. The van der Waals surface area contributed by atoms with Gasteiger partial charge in [-0.25, -0.2) is 9.55 Å². The van der Waals surface area contributed by atoms with E-state index in [0.717, 1.165) is 12.1 Å². The minimum atomic E-state index is -4.71. The fourth-order valence-corrected chi connectivity index (χ4v) is 5.14. The third-order valence-corrected chi connectivity index (χ3v) is 7.27. The van der Waals surface area contributed by atoms with E-state index in [4.69, 9.17) is 11.6 Å². The molecule has 1 atom stereocenters. The fraction of sp³-hybridized carbons (Fsp3) is 0.375. The molecule has 0 unspecified atom stereocenters. The van der Waals surface area contributed by atoms with Crippen molar-refractivity contribution in [1.29, 1.82) is 0 Å². The lowest BCUT2D eigenvalue weighted by atomic mass is 9.98. The summed E-state index contributed by atoms with van der Waals surface area (Å²) in [6.07, 6.45) is -2.85. The first kappa shape index (κ1) is 27.7. The van der Waals surface area contributed by atoms with E-state index in [1.165, 1.54) is 45.1 Å². The molecule has 0 saturated heterocycles. The molecule has 3 heterocycles. The maximum atomic E-state index is 13.6. The molecular formula is C24H24ClF3N6O3S. The van der Waals surface area contributed by atoms with Crippen molar-refractivity contribution in [2.45, 2.75) is 50.7 Å². The van der Waals surface area contributed by atoms with E-state index >= 15 is 0 Å². The number of fused-ring (bicyclic) bond motifs is 1. The van der Waals surface area contributed by atoms with Crippen LogP contribution in [0.25, 0.3) is 5.82 Å². The van der Waals surface area contributed by atoms with Crippen molar-refractivity contribution in [3.8, 4) is 5.82 Å². The minimum absolute atomic E-state index is 0.0597. The highest BCUT2D eigenvalue weighted by molar-refractivity contribution is 7.98. The Morgan fingerprint density at radius 2 is 1.97 bits per heavy atom. The van der Waals surface area contributed by atoms with E-state index in [0.29, 0.717) is 23.0 Å². The van der Waals surface area contributed by atoms with Crippen LogP contribution in [0.2, 0.25) is 5.02 Å². The smallest absolute Gasteiger partial charge is 0.354 e. The lowest BCUT2D eigenvalue weighted by molar-refractivity contribution is -0.137. The number of carbonyl (C=O) groups is 2. The number of halogens is 4. The number of rotatable bonds is 5. The summed E-state index contributed by atoms with van der Waals surface area (Å²) in [6.45, 7) is 3.87. The molecule has 4 rings (SSSR count). The highest BCUT2D eigenvalue weighted by Crippen LogP contribution is 2.36. The monoisotopic (exact) mass is 568 g/mol. The van der Waals surface area contributed by atoms with E-state index in [2.05, 4.69) is 15.4 Å². The van der Waals surface area contributed by atoms with Crippen molar-refractivity contribution >= 4 is 35.2 Å². The number of aromatic nitrogens is 4. The van der Waals surface area contributed by atoms with Crippen LogP contribution in [0.15, 0.2) is 34.2 Å². The molecule has 202 valence electrons. The summed E-state index contributed by atoms with van der Waals surface area (Å²) in [4.78, 5) is 45.2. The van der Waals surface area contributed by atoms with E-state index in [1.807, 2.05) is 6.92 Å². The molecular weight excluding hydrogens is 545 g/mol. The predicted molar refractivity (Wildman–Crippen MR) is 136 cm³/mol. The second kappa shape index (κ2) is 10.4. The normalized spacial score (nSPS) is 15.4. The summed E-state index contributed by atoms with van der Waals surface area (Å²) in [5.74, 6) is -0.741. The zero-order valence-electron chi connectivity index (χ0n) is 20.9. The van der Waals surface area contributed by atoms with E-state index in [9.17, 15) is 27.6 Å². The Kier molecular flexibility index (Phi) is 7.62. The van der Waals surface area contributed by atoms with Crippen LogP contribution in [0.3, 0.4) is 0 Å². The molecule has 0 radical (unpaired) electrons. The van der Waals surface area contributed by atoms with Crippen LogP contribution >= 0.6 is 23.4 Å². The molecule has 2 aromatic heterocycles. The highest BCUT2D eigenvalue weighted by atomic mass is 35.5. The topological polar surface area (TPSA) is 102 Å². The van der Waals surface area contributed by atoms with Crippen LogP contribution in [-0.4, -0.2) is 55.4 Å². The Morgan fingerprint density at radius 3 is 2.58 bits per heavy atom. The number of hydrogen-bond acceptors (Lipinski definition) is 6. The Labute approximate surface area is 225 Å². The van der Waals surface area contributed by atoms with Crippen molar-refractivity contribution in [1.82, 2.24) is 29.5 Å². The molecule has 14 heteroatoms. The minimum Gasteiger partial charge on any atom is -0.354 e. The molecule has 9 nitrogen and oxygen atoms in total. The number of amides is 2. The van der Waals surface area contributed by atoms with Crippen molar-refractivity contribution < 1.29 is 22.8 Å². The summed E-state index contributed by atoms with van der Waals surface area (Å²) in [7, 11) is 1.50. The molecule has 1 N–H and O–H groups in total. The average molecular weight is 569 g/mol. The van der Waals surface area contributed by atoms with Gasteiger partial charge in [0, 0.05) is 36.8 Å². The standard InChI is InChI=1S/C24H24ClF3N6O3S/c1-5-33-18(20(35)29-3)10-19(31-33)34-22(37)14-8-12(2)32(11-17(14)30-23(34)38-4)21(36)13-6-7-16(25)15(9-13)24(26,27)28/h6-7,9-10,12H,5,8,11H2,1-4H3,(H,29,35)/t12-/m1/s1. The molecule has 2 amide bonds. The van der Waals surface area contributed by atoms with Gasteiger partial charge in [0.2, 0.25) is 0 Å². The number of benzene rings is 1. The Balaban J connectivity index is 1.75. The predicted octanol–water partition coefficient (Wildman–Crippen LogP) is 3.79. The molecule has 3 aromatic rings. The molecule has 1 aliphatic rings. The van der Waals surface area contributed by atoms with Gasteiger partial charge in [0.15, 0.2) is 11.0 Å². The Bertz CT molecular complexity index is 1490. The van der Waals surface area contributed by atoms with Gasteiger partial charge in [-0.1, -0.05) is 23.4 Å². The largest absolute Gasteiger partial charge is 0.417 e. The zero-order chi connectivity index (χ0) is 27.9. The van der Waals surface area contributed by atoms with Gasteiger partial charge in [-0.3, -0.25) is 19.1 Å². The summed E-state index contributed by atoms with van der Waals surface area (Å²) < 4.78 is 42.8. The number of alkyl halides is 3. The highest BCUT2D eigenvalue weighted by Gasteiger charge is 2.36. The first-order chi connectivity index (χ1) is 17.9. The van der Waals surface area contributed by atoms with E-state index in [-0.39, 0.29) is 41.5 Å². The molecule has 38 heavy (non-hydrogen) atoms. The van der Waals surface area contributed by atoms with Crippen LogP contribution in [0.4, 0.5) is 13.2 Å². The van der Waals surface area contributed by atoms with Crippen molar-refractivity contribution in [3.63, 3.8) is 0 Å². The van der Waals surface area contributed by atoms with Gasteiger partial charge in [-0.05, 0) is 44.7 Å². The number of thioether (sulfide) groups is 1. The van der Waals surface area contributed by atoms with Crippen LogP contribution in [0, 0.1) is 0 Å². The van der Waals surface area contributed by atoms with Crippen LogP contribution in [0.5, 0.6) is 0 Å². The zero-order valence-corrected chi connectivity index (χ0v) is 22.5. The Hall–Kier alpha value is -3.32. The van der Waals surface area contributed by atoms with Gasteiger partial charge in [-0.15, -0.1) is 0 Å². The second-order valence-electron chi connectivity index (χ2n) is 8.63. The van der Waals surface area contributed by atoms with Gasteiger partial charge < -0.3 is 10.2 Å². The van der Waals surface area contributed by atoms with Crippen LogP contribution in [-0.2, 0) is 25.7 Å². The number of hydrogen-bond donors (Lipinski definition) is 1. The lowest BCUT2D eigenvalue weighted by Gasteiger charge is -2.34. The van der Waals surface area contributed by atoms with Gasteiger partial charge in [-0.2, -0.15) is 18.3 Å². The van der Waals surface area contributed by atoms with Gasteiger partial charge in [0.1, 0.15) is 5.69 Å². The molecule has 1 aliphatic heterocycles. The maximum absolute atomic E-state index is 13.6. The number of nitrogens with zero attached hydrogens (tertiary/aromatic N) is 5. The molecule has 0 aliphatic carbocycles. The summed E-state index contributed by atoms with van der Waals surface area (Å²) in [6, 6.07) is 4.04. The van der Waals surface area contributed by atoms with Crippen molar-refractivity contribution in [2.24, 2.45) is 0 Å². The second-order valence-corrected chi connectivity index (χ2v) is 9.81. The SMILES string of the molecule is CCn1nc(-n2c(SC)nc3c(c2=O)C[C@@H](C)N(C(=O)c2ccc(Cl)c(C(F)(F)F)c2)C3)cc1C(=O)NC. The first-order valence-electron chi connectivity index (χ1n) is 11.6.